The third kappa shape index (κ3) is 7.22. The highest BCUT2D eigenvalue weighted by molar-refractivity contribution is 5.78. The number of aliphatic hydroxyl groups is 1. The molecule has 1 saturated carbocycles. The SMILES string of the molecule is CC(C)OCCCNC(=O)CN(CCO)C1CCCC1. The monoisotopic (exact) mass is 286 g/mol. The topological polar surface area (TPSA) is 61.8 Å². The number of hydrogen-bond donors (Lipinski definition) is 2. The third-order valence-corrected chi connectivity index (χ3v) is 3.67. The lowest BCUT2D eigenvalue weighted by Gasteiger charge is -2.27. The number of aliphatic hydroxyl groups excluding tert-OH is 1. The number of carbonyl (C=O) groups is 1. The van der Waals surface area contributed by atoms with Crippen molar-refractivity contribution in [2.45, 2.75) is 58.1 Å². The van der Waals surface area contributed by atoms with E-state index in [0.29, 0.717) is 32.3 Å². The van der Waals surface area contributed by atoms with Gasteiger partial charge in [0.05, 0.1) is 19.3 Å². The lowest BCUT2D eigenvalue weighted by atomic mass is 10.2. The maximum absolute atomic E-state index is 11.9. The van der Waals surface area contributed by atoms with Crippen molar-refractivity contribution in [3.63, 3.8) is 0 Å². The molecule has 1 amide bonds. The normalized spacial score (nSPS) is 16.2. The van der Waals surface area contributed by atoms with Crippen molar-refractivity contribution in [2.24, 2.45) is 0 Å². The minimum absolute atomic E-state index is 0.0508. The first-order valence-electron chi connectivity index (χ1n) is 7.86. The molecule has 0 aromatic carbocycles. The van der Waals surface area contributed by atoms with E-state index < -0.39 is 0 Å². The van der Waals surface area contributed by atoms with Gasteiger partial charge in [-0.15, -0.1) is 0 Å². The van der Waals surface area contributed by atoms with Crippen LogP contribution < -0.4 is 5.32 Å². The molecular weight excluding hydrogens is 256 g/mol. The molecule has 118 valence electrons. The number of amides is 1. The number of nitrogens with zero attached hydrogens (tertiary/aromatic N) is 1. The molecule has 1 rings (SSSR count). The van der Waals surface area contributed by atoms with Gasteiger partial charge in [0.25, 0.3) is 0 Å². The summed E-state index contributed by atoms with van der Waals surface area (Å²) in [6.07, 6.45) is 5.85. The van der Waals surface area contributed by atoms with Crippen LogP contribution in [-0.2, 0) is 9.53 Å². The number of rotatable bonds is 10. The van der Waals surface area contributed by atoms with Crippen LogP contribution in [-0.4, -0.2) is 60.9 Å². The van der Waals surface area contributed by atoms with E-state index in [1.165, 1.54) is 12.8 Å². The summed E-state index contributed by atoms with van der Waals surface area (Å²) in [6, 6.07) is 0.470. The van der Waals surface area contributed by atoms with E-state index in [9.17, 15) is 4.79 Å². The average Bonchev–Trinajstić information content (AvgIpc) is 2.91. The molecule has 0 unspecified atom stereocenters. The minimum atomic E-state index is 0.0508. The smallest absolute Gasteiger partial charge is 0.234 e. The zero-order chi connectivity index (χ0) is 14.8. The van der Waals surface area contributed by atoms with E-state index in [1.54, 1.807) is 0 Å². The Kier molecular flexibility index (Phi) is 8.82. The molecule has 1 aliphatic rings. The Hall–Kier alpha value is -0.650. The molecule has 5 nitrogen and oxygen atoms in total. The average molecular weight is 286 g/mol. The number of carbonyl (C=O) groups excluding carboxylic acids is 1. The summed E-state index contributed by atoms with van der Waals surface area (Å²) in [4.78, 5) is 14.0. The van der Waals surface area contributed by atoms with Gasteiger partial charge in [-0.3, -0.25) is 9.69 Å². The molecule has 1 fully saturated rings. The Bertz CT molecular complexity index is 266. The Morgan fingerprint density at radius 2 is 2.10 bits per heavy atom. The molecule has 5 heteroatoms. The van der Waals surface area contributed by atoms with E-state index in [-0.39, 0.29) is 18.6 Å². The highest BCUT2D eigenvalue weighted by Crippen LogP contribution is 2.22. The molecule has 0 spiro atoms. The molecule has 0 aromatic heterocycles. The second kappa shape index (κ2) is 10.1. The Labute approximate surface area is 122 Å². The van der Waals surface area contributed by atoms with Crippen molar-refractivity contribution in [3.8, 4) is 0 Å². The van der Waals surface area contributed by atoms with Crippen molar-refractivity contribution in [2.75, 3.05) is 32.8 Å². The highest BCUT2D eigenvalue weighted by atomic mass is 16.5. The molecule has 0 aromatic rings. The van der Waals surface area contributed by atoms with E-state index in [0.717, 1.165) is 19.3 Å². The molecule has 0 atom stereocenters. The number of hydrogen-bond acceptors (Lipinski definition) is 4. The van der Waals surface area contributed by atoms with Crippen molar-refractivity contribution in [3.05, 3.63) is 0 Å². The van der Waals surface area contributed by atoms with Gasteiger partial charge in [0.2, 0.25) is 5.91 Å². The fraction of sp³-hybridized carbons (Fsp3) is 0.933. The van der Waals surface area contributed by atoms with Gasteiger partial charge in [-0.05, 0) is 33.1 Å². The fourth-order valence-electron chi connectivity index (χ4n) is 2.65. The summed E-state index contributed by atoms with van der Waals surface area (Å²) < 4.78 is 5.43. The number of ether oxygens (including phenoxy) is 1. The summed E-state index contributed by atoms with van der Waals surface area (Å²) in [5, 5.41) is 12.0. The van der Waals surface area contributed by atoms with Crippen LogP contribution in [0.5, 0.6) is 0 Å². The minimum Gasteiger partial charge on any atom is -0.395 e. The lowest BCUT2D eigenvalue weighted by Crippen LogP contribution is -2.43. The largest absolute Gasteiger partial charge is 0.395 e. The second-order valence-corrected chi connectivity index (χ2v) is 5.76. The molecule has 20 heavy (non-hydrogen) atoms. The molecule has 2 N–H and O–H groups in total. The van der Waals surface area contributed by atoms with E-state index in [4.69, 9.17) is 9.84 Å². The summed E-state index contributed by atoms with van der Waals surface area (Å²) in [7, 11) is 0. The van der Waals surface area contributed by atoms with Crippen LogP contribution in [0.15, 0.2) is 0 Å². The Morgan fingerprint density at radius 1 is 1.40 bits per heavy atom. The van der Waals surface area contributed by atoms with Crippen molar-refractivity contribution < 1.29 is 14.6 Å². The van der Waals surface area contributed by atoms with E-state index in [1.807, 2.05) is 13.8 Å². The van der Waals surface area contributed by atoms with E-state index in [2.05, 4.69) is 10.2 Å². The first-order chi connectivity index (χ1) is 9.63. The summed E-state index contributed by atoms with van der Waals surface area (Å²) >= 11 is 0. The van der Waals surface area contributed by atoms with Crippen molar-refractivity contribution >= 4 is 5.91 Å². The van der Waals surface area contributed by atoms with Gasteiger partial charge in [-0.1, -0.05) is 12.8 Å². The fourth-order valence-corrected chi connectivity index (χ4v) is 2.65. The zero-order valence-corrected chi connectivity index (χ0v) is 12.9. The van der Waals surface area contributed by atoms with Gasteiger partial charge < -0.3 is 15.2 Å². The summed E-state index contributed by atoms with van der Waals surface area (Å²) in [6.45, 7) is 6.46. The maximum Gasteiger partial charge on any atom is 0.234 e. The van der Waals surface area contributed by atoms with Crippen LogP contribution in [0.25, 0.3) is 0 Å². The van der Waals surface area contributed by atoms with Crippen molar-refractivity contribution in [1.82, 2.24) is 10.2 Å². The Morgan fingerprint density at radius 3 is 2.70 bits per heavy atom. The first-order valence-corrected chi connectivity index (χ1v) is 7.86. The van der Waals surface area contributed by atoms with Gasteiger partial charge in [-0.25, -0.2) is 0 Å². The standard InChI is InChI=1S/C15H30N2O3/c1-13(2)20-11-5-8-16-15(19)12-17(9-10-18)14-6-3-4-7-14/h13-14,18H,3-12H2,1-2H3,(H,16,19). The van der Waals surface area contributed by atoms with Crippen LogP contribution in [0.1, 0.15) is 46.0 Å². The van der Waals surface area contributed by atoms with Gasteiger partial charge in [0.1, 0.15) is 0 Å². The molecular formula is C15H30N2O3. The van der Waals surface area contributed by atoms with Crippen LogP contribution in [0, 0.1) is 0 Å². The lowest BCUT2D eigenvalue weighted by molar-refractivity contribution is -0.123. The van der Waals surface area contributed by atoms with Crippen molar-refractivity contribution in [1.29, 1.82) is 0 Å². The van der Waals surface area contributed by atoms with Crippen LogP contribution in [0.2, 0.25) is 0 Å². The summed E-state index contributed by atoms with van der Waals surface area (Å²) in [5.41, 5.74) is 0. The zero-order valence-electron chi connectivity index (χ0n) is 12.9. The van der Waals surface area contributed by atoms with Crippen LogP contribution >= 0.6 is 0 Å². The molecule has 0 saturated heterocycles. The van der Waals surface area contributed by atoms with Crippen LogP contribution in [0.3, 0.4) is 0 Å². The summed E-state index contributed by atoms with van der Waals surface area (Å²) in [5.74, 6) is 0.0508. The first kappa shape index (κ1) is 17.4. The quantitative estimate of drug-likeness (QED) is 0.592. The predicted molar refractivity (Wildman–Crippen MR) is 79.6 cm³/mol. The molecule has 0 aliphatic heterocycles. The molecule has 0 heterocycles. The van der Waals surface area contributed by atoms with Gasteiger partial charge in [0.15, 0.2) is 0 Å². The Balaban J connectivity index is 2.17. The van der Waals surface area contributed by atoms with E-state index >= 15 is 0 Å². The predicted octanol–water partition coefficient (Wildman–Crippen LogP) is 1.15. The second-order valence-electron chi connectivity index (χ2n) is 5.76. The highest BCUT2D eigenvalue weighted by Gasteiger charge is 2.23. The van der Waals surface area contributed by atoms with Gasteiger partial charge in [-0.2, -0.15) is 0 Å². The number of nitrogens with one attached hydrogen (secondary N) is 1. The van der Waals surface area contributed by atoms with Gasteiger partial charge >= 0.3 is 0 Å². The van der Waals surface area contributed by atoms with Gasteiger partial charge in [0, 0.05) is 25.7 Å². The molecule has 0 bridgehead atoms. The third-order valence-electron chi connectivity index (χ3n) is 3.67. The molecule has 0 radical (unpaired) electrons. The maximum atomic E-state index is 11.9. The van der Waals surface area contributed by atoms with Crippen LogP contribution in [0.4, 0.5) is 0 Å². The molecule has 1 aliphatic carbocycles.